The Morgan fingerprint density at radius 3 is 2.43 bits per heavy atom. The van der Waals surface area contributed by atoms with E-state index in [1.54, 1.807) is 0 Å². The number of ketones is 1. The van der Waals surface area contributed by atoms with Crippen molar-refractivity contribution >= 4 is 5.78 Å². The van der Waals surface area contributed by atoms with Gasteiger partial charge in [0.05, 0.1) is 6.04 Å². The lowest BCUT2D eigenvalue weighted by molar-refractivity contribution is -0.124. The van der Waals surface area contributed by atoms with E-state index in [4.69, 9.17) is 11.5 Å². The third-order valence-corrected chi connectivity index (χ3v) is 2.54. The molecule has 0 fully saturated rings. The number of nitrogens with two attached hydrogens (primary N) is 2. The van der Waals surface area contributed by atoms with Crippen LogP contribution in [0.4, 0.5) is 0 Å². The first-order valence-electron chi connectivity index (χ1n) is 5.62. The van der Waals surface area contributed by atoms with Gasteiger partial charge in [-0.25, -0.2) is 0 Å². The van der Waals surface area contributed by atoms with E-state index >= 15 is 0 Å². The van der Waals surface area contributed by atoms with Crippen LogP contribution < -0.4 is 11.5 Å². The summed E-state index contributed by atoms with van der Waals surface area (Å²) in [5.74, 6) is 0.330. The van der Waals surface area contributed by atoms with E-state index in [1.807, 2.05) is 6.92 Å². The third kappa shape index (κ3) is 5.35. The van der Waals surface area contributed by atoms with Gasteiger partial charge in [-0.1, -0.05) is 26.7 Å². The standard InChI is InChI=1S/C11H24N2O/c1-3-6-9(2)11(14)10(13)7-4-5-8-12/h9-10H,3-8,12-13H2,1-2H3/t9?,10-/m1/s1. The van der Waals surface area contributed by atoms with Crippen molar-refractivity contribution in [3.63, 3.8) is 0 Å². The van der Waals surface area contributed by atoms with Crippen LogP contribution in [0.25, 0.3) is 0 Å². The van der Waals surface area contributed by atoms with Crippen LogP contribution in [0.5, 0.6) is 0 Å². The first kappa shape index (κ1) is 13.6. The zero-order valence-corrected chi connectivity index (χ0v) is 9.46. The summed E-state index contributed by atoms with van der Waals surface area (Å²) in [7, 11) is 0. The summed E-state index contributed by atoms with van der Waals surface area (Å²) in [6, 6.07) is -0.275. The van der Waals surface area contributed by atoms with Gasteiger partial charge in [-0.2, -0.15) is 0 Å². The van der Waals surface area contributed by atoms with Crippen molar-refractivity contribution in [2.45, 2.75) is 52.0 Å². The normalized spacial score (nSPS) is 15.1. The van der Waals surface area contributed by atoms with Gasteiger partial charge in [-0.15, -0.1) is 0 Å². The summed E-state index contributed by atoms with van der Waals surface area (Å²) < 4.78 is 0. The van der Waals surface area contributed by atoms with Crippen LogP contribution in [0.1, 0.15) is 46.0 Å². The second-order valence-corrected chi connectivity index (χ2v) is 3.98. The maximum Gasteiger partial charge on any atom is 0.152 e. The van der Waals surface area contributed by atoms with Crippen LogP contribution in [0, 0.1) is 5.92 Å². The predicted octanol–water partition coefficient (Wildman–Crippen LogP) is 1.45. The Morgan fingerprint density at radius 2 is 1.93 bits per heavy atom. The molecule has 3 nitrogen and oxygen atoms in total. The number of hydrogen-bond acceptors (Lipinski definition) is 3. The van der Waals surface area contributed by atoms with Gasteiger partial charge in [0.15, 0.2) is 5.78 Å². The highest BCUT2D eigenvalue weighted by Gasteiger charge is 2.18. The molecule has 0 aliphatic heterocycles. The van der Waals surface area contributed by atoms with Crippen LogP contribution in [-0.2, 0) is 4.79 Å². The number of carbonyl (C=O) groups excluding carboxylic acids is 1. The van der Waals surface area contributed by atoms with Crippen LogP contribution in [0.2, 0.25) is 0 Å². The van der Waals surface area contributed by atoms with E-state index in [0.29, 0.717) is 6.54 Å². The molecule has 4 N–H and O–H groups in total. The molecule has 3 heteroatoms. The average Bonchev–Trinajstić information content (AvgIpc) is 2.17. The van der Waals surface area contributed by atoms with E-state index < -0.39 is 0 Å². The highest BCUT2D eigenvalue weighted by Crippen LogP contribution is 2.11. The molecule has 1 unspecified atom stereocenters. The zero-order valence-electron chi connectivity index (χ0n) is 9.46. The van der Waals surface area contributed by atoms with Crippen molar-refractivity contribution in [3.05, 3.63) is 0 Å². The van der Waals surface area contributed by atoms with Crippen molar-refractivity contribution in [2.24, 2.45) is 17.4 Å². The Balaban J connectivity index is 3.74. The molecule has 0 aliphatic carbocycles. The first-order chi connectivity index (χ1) is 6.63. The fourth-order valence-electron chi connectivity index (χ4n) is 1.59. The molecule has 0 bridgehead atoms. The largest absolute Gasteiger partial charge is 0.330 e. The van der Waals surface area contributed by atoms with Crippen molar-refractivity contribution < 1.29 is 4.79 Å². The Bertz CT molecular complexity index is 159. The maximum atomic E-state index is 11.7. The average molecular weight is 200 g/mol. The van der Waals surface area contributed by atoms with E-state index in [2.05, 4.69) is 6.92 Å². The number of carbonyl (C=O) groups is 1. The quantitative estimate of drug-likeness (QED) is 0.583. The topological polar surface area (TPSA) is 69.1 Å². The number of hydrogen-bond donors (Lipinski definition) is 2. The van der Waals surface area contributed by atoms with Gasteiger partial charge in [-0.05, 0) is 25.8 Å². The second-order valence-electron chi connectivity index (χ2n) is 3.98. The summed E-state index contributed by atoms with van der Waals surface area (Å²) in [4.78, 5) is 11.7. The SMILES string of the molecule is CCCC(C)C(=O)[C@H](N)CCCCN. The van der Waals surface area contributed by atoms with E-state index in [9.17, 15) is 4.79 Å². The molecule has 0 amide bonds. The molecule has 0 aromatic carbocycles. The fraction of sp³-hybridized carbons (Fsp3) is 0.909. The fourth-order valence-corrected chi connectivity index (χ4v) is 1.59. The summed E-state index contributed by atoms with van der Waals surface area (Å²) in [5, 5.41) is 0. The van der Waals surface area contributed by atoms with Gasteiger partial charge in [-0.3, -0.25) is 4.79 Å². The van der Waals surface area contributed by atoms with Gasteiger partial charge in [0.2, 0.25) is 0 Å². The maximum absolute atomic E-state index is 11.7. The Hall–Kier alpha value is -0.410. The molecule has 84 valence electrons. The number of rotatable bonds is 8. The number of Topliss-reactive ketones (excluding diaryl/α,β-unsaturated/α-hetero) is 1. The monoisotopic (exact) mass is 200 g/mol. The molecule has 0 saturated carbocycles. The van der Waals surface area contributed by atoms with Crippen molar-refractivity contribution in [3.8, 4) is 0 Å². The van der Waals surface area contributed by atoms with Crippen LogP contribution in [0.3, 0.4) is 0 Å². The molecule has 0 spiro atoms. The molecular weight excluding hydrogens is 176 g/mol. The minimum absolute atomic E-state index is 0.118. The van der Waals surface area contributed by atoms with Gasteiger partial charge >= 0.3 is 0 Å². The zero-order chi connectivity index (χ0) is 11.0. The highest BCUT2D eigenvalue weighted by atomic mass is 16.1. The molecule has 0 aromatic rings. The van der Waals surface area contributed by atoms with E-state index in [0.717, 1.165) is 32.1 Å². The molecule has 0 radical (unpaired) electrons. The van der Waals surface area contributed by atoms with Crippen LogP contribution in [0.15, 0.2) is 0 Å². The molecular formula is C11H24N2O. The molecule has 0 saturated heterocycles. The summed E-state index contributed by atoms with van der Waals surface area (Å²) in [6.07, 6.45) is 4.70. The lowest BCUT2D eigenvalue weighted by Gasteiger charge is -2.15. The van der Waals surface area contributed by atoms with Gasteiger partial charge in [0, 0.05) is 5.92 Å². The lowest BCUT2D eigenvalue weighted by atomic mass is 9.93. The van der Waals surface area contributed by atoms with Crippen LogP contribution >= 0.6 is 0 Å². The number of unbranched alkanes of at least 4 members (excludes halogenated alkanes) is 1. The Morgan fingerprint density at radius 1 is 1.29 bits per heavy atom. The molecule has 0 aromatic heterocycles. The van der Waals surface area contributed by atoms with E-state index in [-0.39, 0.29) is 17.7 Å². The minimum Gasteiger partial charge on any atom is -0.330 e. The first-order valence-corrected chi connectivity index (χ1v) is 5.62. The van der Waals surface area contributed by atoms with Crippen molar-refractivity contribution in [2.75, 3.05) is 6.54 Å². The van der Waals surface area contributed by atoms with Gasteiger partial charge in [0.25, 0.3) is 0 Å². The highest BCUT2D eigenvalue weighted by molar-refractivity contribution is 5.85. The summed E-state index contributed by atoms with van der Waals surface area (Å²) >= 11 is 0. The lowest BCUT2D eigenvalue weighted by Crippen LogP contribution is -2.34. The third-order valence-electron chi connectivity index (χ3n) is 2.54. The molecule has 0 rings (SSSR count). The summed E-state index contributed by atoms with van der Waals surface area (Å²) in [5.41, 5.74) is 11.2. The Labute approximate surface area is 87.2 Å². The minimum atomic E-state index is -0.275. The predicted molar refractivity (Wildman–Crippen MR) is 60.0 cm³/mol. The Kier molecular flexibility index (Phi) is 7.71. The molecule has 14 heavy (non-hydrogen) atoms. The smallest absolute Gasteiger partial charge is 0.152 e. The summed E-state index contributed by atoms with van der Waals surface area (Å²) in [6.45, 7) is 4.74. The van der Waals surface area contributed by atoms with Crippen molar-refractivity contribution in [1.29, 1.82) is 0 Å². The van der Waals surface area contributed by atoms with Gasteiger partial charge < -0.3 is 11.5 Å². The molecule has 0 heterocycles. The van der Waals surface area contributed by atoms with Crippen molar-refractivity contribution in [1.82, 2.24) is 0 Å². The van der Waals surface area contributed by atoms with Crippen LogP contribution in [-0.4, -0.2) is 18.4 Å². The second kappa shape index (κ2) is 7.94. The molecule has 0 aliphatic rings. The van der Waals surface area contributed by atoms with E-state index in [1.165, 1.54) is 0 Å². The van der Waals surface area contributed by atoms with Gasteiger partial charge in [0.1, 0.15) is 0 Å². The molecule has 2 atom stereocenters.